The summed E-state index contributed by atoms with van der Waals surface area (Å²) in [7, 11) is 1.64. The molecule has 2 unspecified atom stereocenters. The SMILES string of the molecule is CCOC(=O)C1CCCN(CC(=O)NC(c2ccc(OC)cc2)C(C)C)C1. The molecule has 6 heteroatoms. The number of methoxy groups -OCH3 is 1. The number of benzene rings is 1. The molecule has 6 nitrogen and oxygen atoms in total. The van der Waals surface area contributed by atoms with Crippen molar-refractivity contribution in [2.45, 2.75) is 39.7 Å². The third kappa shape index (κ3) is 6.24. The topological polar surface area (TPSA) is 67.9 Å². The molecule has 1 fully saturated rings. The number of ether oxygens (including phenoxy) is 2. The lowest BCUT2D eigenvalue weighted by Gasteiger charge is -2.32. The number of esters is 1. The van der Waals surface area contributed by atoms with Crippen LogP contribution in [-0.4, -0.2) is 50.1 Å². The molecule has 1 aromatic carbocycles. The molecule has 0 saturated carbocycles. The maximum absolute atomic E-state index is 12.6. The fourth-order valence-corrected chi connectivity index (χ4v) is 3.52. The molecule has 1 N–H and O–H groups in total. The Balaban J connectivity index is 1.94. The van der Waals surface area contributed by atoms with Gasteiger partial charge in [-0.1, -0.05) is 26.0 Å². The first-order chi connectivity index (χ1) is 12.9. The second-order valence-electron chi connectivity index (χ2n) is 7.39. The van der Waals surface area contributed by atoms with Crippen LogP contribution in [0.25, 0.3) is 0 Å². The summed E-state index contributed by atoms with van der Waals surface area (Å²) in [5.74, 6) is 0.755. The van der Waals surface area contributed by atoms with Gasteiger partial charge in [-0.2, -0.15) is 0 Å². The van der Waals surface area contributed by atoms with E-state index < -0.39 is 0 Å². The van der Waals surface area contributed by atoms with Gasteiger partial charge >= 0.3 is 5.97 Å². The zero-order chi connectivity index (χ0) is 19.8. The molecule has 1 aromatic rings. The summed E-state index contributed by atoms with van der Waals surface area (Å²) < 4.78 is 10.3. The second-order valence-corrected chi connectivity index (χ2v) is 7.39. The standard InChI is InChI=1S/C21H32N2O4/c1-5-27-21(25)17-7-6-12-23(13-17)14-19(24)22-20(15(2)3)16-8-10-18(26-4)11-9-16/h8-11,15,17,20H,5-7,12-14H2,1-4H3,(H,22,24). The average Bonchev–Trinajstić information content (AvgIpc) is 2.66. The molecular formula is C21H32N2O4. The minimum Gasteiger partial charge on any atom is -0.497 e. The van der Waals surface area contributed by atoms with E-state index >= 15 is 0 Å². The smallest absolute Gasteiger partial charge is 0.310 e. The van der Waals surface area contributed by atoms with Crippen molar-refractivity contribution in [2.24, 2.45) is 11.8 Å². The Morgan fingerprint density at radius 2 is 1.96 bits per heavy atom. The lowest BCUT2D eigenvalue weighted by atomic mass is 9.95. The van der Waals surface area contributed by atoms with Crippen LogP contribution < -0.4 is 10.1 Å². The average molecular weight is 376 g/mol. The van der Waals surface area contributed by atoms with E-state index in [4.69, 9.17) is 9.47 Å². The summed E-state index contributed by atoms with van der Waals surface area (Å²) in [6.45, 7) is 8.11. The maximum atomic E-state index is 12.6. The van der Waals surface area contributed by atoms with Crippen LogP contribution >= 0.6 is 0 Å². The van der Waals surface area contributed by atoms with Gasteiger partial charge in [-0.05, 0) is 49.9 Å². The minimum absolute atomic E-state index is 0.0194. The number of amides is 1. The predicted molar refractivity (Wildman–Crippen MR) is 105 cm³/mol. The van der Waals surface area contributed by atoms with Crippen LogP contribution in [0, 0.1) is 11.8 Å². The Kier molecular flexibility index (Phi) is 8.10. The molecule has 1 aliphatic rings. The Labute approximate surface area is 162 Å². The van der Waals surface area contributed by atoms with Crippen molar-refractivity contribution >= 4 is 11.9 Å². The number of hydrogen-bond acceptors (Lipinski definition) is 5. The van der Waals surface area contributed by atoms with Crippen molar-refractivity contribution in [1.82, 2.24) is 10.2 Å². The van der Waals surface area contributed by atoms with Crippen molar-refractivity contribution in [3.8, 4) is 5.75 Å². The molecule has 0 aromatic heterocycles. The van der Waals surface area contributed by atoms with Crippen LogP contribution in [0.4, 0.5) is 0 Å². The quantitative estimate of drug-likeness (QED) is 0.707. The van der Waals surface area contributed by atoms with Gasteiger partial charge in [0.25, 0.3) is 0 Å². The first-order valence-corrected chi connectivity index (χ1v) is 9.76. The van der Waals surface area contributed by atoms with E-state index in [0.717, 1.165) is 30.7 Å². The highest BCUT2D eigenvalue weighted by Crippen LogP contribution is 2.24. The number of likely N-dealkylation sites (tertiary alicyclic amines) is 1. The van der Waals surface area contributed by atoms with Crippen LogP contribution in [0.15, 0.2) is 24.3 Å². The third-order valence-corrected chi connectivity index (χ3v) is 4.95. The summed E-state index contributed by atoms with van der Waals surface area (Å²) in [5, 5.41) is 3.15. The number of carbonyl (C=O) groups is 2. The number of carbonyl (C=O) groups excluding carboxylic acids is 2. The lowest BCUT2D eigenvalue weighted by Crippen LogP contribution is -2.45. The largest absolute Gasteiger partial charge is 0.497 e. The van der Waals surface area contributed by atoms with E-state index in [1.54, 1.807) is 7.11 Å². The summed E-state index contributed by atoms with van der Waals surface area (Å²) in [6, 6.07) is 7.73. The normalized spacial score (nSPS) is 18.8. The minimum atomic E-state index is -0.152. The Morgan fingerprint density at radius 1 is 1.26 bits per heavy atom. The van der Waals surface area contributed by atoms with Crippen LogP contribution in [0.5, 0.6) is 5.75 Å². The molecule has 0 radical (unpaired) electrons. The van der Waals surface area contributed by atoms with Gasteiger partial charge in [0.1, 0.15) is 5.75 Å². The van der Waals surface area contributed by atoms with Gasteiger partial charge in [0.2, 0.25) is 5.91 Å². The third-order valence-electron chi connectivity index (χ3n) is 4.95. The van der Waals surface area contributed by atoms with E-state index in [2.05, 4.69) is 19.2 Å². The Bertz CT molecular complexity index is 615. The van der Waals surface area contributed by atoms with Crippen LogP contribution in [0.2, 0.25) is 0 Å². The zero-order valence-corrected chi connectivity index (χ0v) is 16.9. The summed E-state index contributed by atoms with van der Waals surface area (Å²) in [5.41, 5.74) is 1.06. The van der Waals surface area contributed by atoms with Crippen molar-refractivity contribution in [2.75, 3.05) is 33.4 Å². The lowest BCUT2D eigenvalue weighted by molar-refractivity contribution is -0.150. The monoisotopic (exact) mass is 376 g/mol. The number of hydrogen-bond donors (Lipinski definition) is 1. The fraction of sp³-hybridized carbons (Fsp3) is 0.619. The summed E-state index contributed by atoms with van der Waals surface area (Å²) in [6.07, 6.45) is 1.74. The van der Waals surface area contributed by atoms with Crippen LogP contribution in [0.1, 0.15) is 45.2 Å². The molecule has 1 heterocycles. The van der Waals surface area contributed by atoms with Gasteiger partial charge in [-0.15, -0.1) is 0 Å². The first-order valence-electron chi connectivity index (χ1n) is 9.76. The van der Waals surface area contributed by atoms with E-state index in [9.17, 15) is 9.59 Å². The number of nitrogens with zero attached hydrogens (tertiary/aromatic N) is 1. The maximum Gasteiger partial charge on any atom is 0.310 e. The van der Waals surface area contributed by atoms with Crippen LogP contribution in [0.3, 0.4) is 0 Å². The summed E-state index contributed by atoms with van der Waals surface area (Å²) >= 11 is 0. The molecule has 1 aliphatic heterocycles. The van der Waals surface area contributed by atoms with E-state index in [-0.39, 0.29) is 29.8 Å². The van der Waals surface area contributed by atoms with E-state index in [1.807, 2.05) is 36.1 Å². The van der Waals surface area contributed by atoms with Gasteiger partial charge in [-0.3, -0.25) is 14.5 Å². The highest BCUT2D eigenvalue weighted by Gasteiger charge is 2.28. The van der Waals surface area contributed by atoms with Crippen molar-refractivity contribution in [1.29, 1.82) is 0 Å². The van der Waals surface area contributed by atoms with Gasteiger partial charge in [0.05, 0.1) is 32.2 Å². The van der Waals surface area contributed by atoms with E-state index in [1.165, 1.54) is 0 Å². The highest BCUT2D eigenvalue weighted by atomic mass is 16.5. The van der Waals surface area contributed by atoms with E-state index in [0.29, 0.717) is 19.7 Å². The van der Waals surface area contributed by atoms with Crippen molar-refractivity contribution in [3.63, 3.8) is 0 Å². The van der Waals surface area contributed by atoms with Gasteiger partial charge < -0.3 is 14.8 Å². The Morgan fingerprint density at radius 3 is 2.56 bits per heavy atom. The van der Waals surface area contributed by atoms with Gasteiger partial charge in [-0.25, -0.2) is 0 Å². The van der Waals surface area contributed by atoms with Crippen molar-refractivity contribution in [3.05, 3.63) is 29.8 Å². The fourth-order valence-electron chi connectivity index (χ4n) is 3.52. The van der Waals surface area contributed by atoms with Gasteiger partial charge in [0.15, 0.2) is 0 Å². The number of rotatable bonds is 8. The predicted octanol–water partition coefficient (Wildman–Crippen LogP) is 2.78. The van der Waals surface area contributed by atoms with Gasteiger partial charge in [0, 0.05) is 6.54 Å². The molecule has 27 heavy (non-hydrogen) atoms. The number of nitrogens with one attached hydrogen (secondary N) is 1. The van der Waals surface area contributed by atoms with Crippen molar-refractivity contribution < 1.29 is 19.1 Å². The molecule has 1 amide bonds. The number of piperidine rings is 1. The highest BCUT2D eigenvalue weighted by molar-refractivity contribution is 5.79. The molecular weight excluding hydrogens is 344 g/mol. The molecule has 150 valence electrons. The second kappa shape index (κ2) is 10.3. The molecule has 2 atom stereocenters. The van der Waals surface area contributed by atoms with Crippen LogP contribution in [-0.2, 0) is 14.3 Å². The summed E-state index contributed by atoms with van der Waals surface area (Å²) in [4.78, 5) is 26.7. The molecule has 0 spiro atoms. The molecule has 0 aliphatic carbocycles. The first kappa shape index (κ1) is 21.2. The molecule has 0 bridgehead atoms. The molecule has 1 saturated heterocycles. The zero-order valence-electron chi connectivity index (χ0n) is 16.9. The molecule has 2 rings (SSSR count). The Hall–Kier alpha value is -2.08.